The minimum atomic E-state index is -4.45. The monoisotopic (exact) mass is 376 g/mol. The highest BCUT2D eigenvalue weighted by Crippen LogP contribution is 2.32. The average molecular weight is 376 g/mol. The van der Waals surface area contributed by atoms with E-state index in [9.17, 15) is 22.4 Å². The van der Waals surface area contributed by atoms with Crippen molar-refractivity contribution in [2.45, 2.75) is 57.7 Å². The summed E-state index contributed by atoms with van der Waals surface area (Å²) >= 11 is 0. The van der Waals surface area contributed by atoms with Gasteiger partial charge in [-0.1, -0.05) is 18.2 Å². The van der Waals surface area contributed by atoms with Gasteiger partial charge in [-0.05, 0) is 38.8 Å². The van der Waals surface area contributed by atoms with E-state index in [2.05, 4.69) is 5.32 Å². The number of piperidine rings is 1. The molecule has 0 saturated carbocycles. The number of hydrogen-bond acceptors (Lipinski definition) is 3. The smallest absolute Gasteiger partial charge is 0.416 e. The molecule has 2 atom stereocenters. The Balaban J connectivity index is 1.93. The number of nitrogens with one attached hydrogen (secondary N) is 1. The van der Waals surface area contributed by atoms with E-state index in [4.69, 9.17) is 4.74 Å². The van der Waals surface area contributed by atoms with Gasteiger partial charge in [-0.2, -0.15) is 13.2 Å². The minimum Gasteiger partial charge on any atom is -0.444 e. The van der Waals surface area contributed by atoms with Crippen LogP contribution in [0.15, 0.2) is 24.3 Å². The van der Waals surface area contributed by atoms with Gasteiger partial charge in [0.2, 0.25) is 0 Å². The number of benzene rings is 1. The Kier molecular flexibility index (Phi) is 6.16. The fraction of sp³-hybridized carbons (Fsp3) is 0.611. The van der Waals surface area contributed by atoms with Crippen molar-refractivity contribution >= 4 is 6.09 Å². The van der Waals surface area contributed by atoms with Crippen molar-refractivity contribution in [2.75, 3.05) is 13.1 Å². The van der Waals surface area contributed by atoms with E-state index in [-0.39, 0.29) is 25.2 Å². The maximum atomic E-state index is 14.4. The van der Waals surface area contributed by atoms with Crippen LogP contribution in [0.25, 0.3) is 0 Å². The van der Waals surface area contributed by atoms with E-state index in [1.807, 2.05) is 0 Å². The molecule has 0 unspecified atom stereocenters. The summed E-state index contributed by atoms with van der Waals surface area (Å²) < 4.78 is 58.6. The lowest BCUT2D eigenvalue weighted by molar-refractivity contribution is -0.138. The summed E-state index contributed by atoms with van der Waals surface area (Å²) in [6, 6.07) is 4.61. The van der Waals surface area contributed by atoms with Gasteiger partial charge in [0, 0.05) is 19.1 Å². The van der Waals surface area contributed by atoms with Crippen LogP contribution in [-0.4, -0.2) is 41.9 Å². The summed E-state index contributed by atoms with van der Waals surface area (Å²) in [5, 5.41) is 2.85. The van der Waals surface area contributed by atoms with Crippen LogP contribution in [0, 0.1) is 0 Å². The highest BCUT2D eigenvalue weighted by molar-refractivity contribution is 5.68. The first-order valence-electron chi connectivity index (χ1n) is 8.48. The first-order chi connectivity index (χ1) is 12.0. The maximum absolute atomic E-state index is 14.4. The number of hydrogen-bond donors (Lipinski definition) is 1. The van der Waals surface area contributed by atoms with Crippen molar-refractivity contribution in [1.82, 2.24) is 10.2 Å². The van der Waals surface area contributed by atoms with Crippen molar-refractivity contribution in [3.8, 4) is 0 Å². The van der Waals surface area contributed by atoms with Crippen molar-refractivity contribution < 1.29 is 27.1 Å². The Morgan fingerprint density at radius 3 is 2.50 bits per heavy atom. The van der Waals surface area contributed by atoms with Crippen LogP contribution in [0.3, 0.4) is 0 Å². The Morgan fingerprint density at radius 1 is 1.27 bits per heavy atom. The second-order valence-corrected chi connectivity index (χ2v) is 7.37. The third-order valence-corrected chi connectivity index (χ3v) is 4.07. The summed E-state index contributed by atoms with van der Waals surface area (Å²) in [7, 11) is 0. The third kappa shape index (κ3) is 5.59. The van der Waals surface area contributed by atoms with Crippen molar-refractivity contribution in [1.29, 1.82) is 0 Å². The van der Waals surface area contributed by atoms with Gasteiger partial charge in [-0.15, -0.1) is 0 Å². The standard InChI is InChI=1S/C18H24F4N2O2/c1-17(2,3)26-16(25)24-9-8-15(14(19)11-24)23-10-12-6-4-5-7-13(12)18(20,21)22/h4-7,14-15,23H,8-11H2,1-3H3/t14-,15-/m0/s1. The van der Waals surface area contributed by atoms with Crippen molar-refractivity contribution in [2.24, 2.45) is 0 Å². The lowest BCUT2D eigenvalue weighted by atomic mass is 10.0. The Hall–Kier alpha value is -1.83. The molecule has 0 bridgehead atoms. The largest absolute Gasteiger partial charge is 0.444 e. The van der Waals surface area contributed by atoms with Crippen molar-refractivity contribution in [3.05, 3.63) is 35.4 Å². The Labute approximate surface area is 150 Å². The summed E-state index contributed by atoms with van der Waals surface area (Å²) in [6.45, 7) is 5.23. The molecule has 1 saturated heterocycles. The molecule has 1 heterocycles. The summed E-state index contributed by atoms with van der Waals surface area (Å²) in [4.78, 5) is 13.3. The van der Waals surface area contributed by atoms with Crippen LogP contribution < -0.4 is 5.32 Å². The van der Waals surface area contributed by atoms with Crippen molar-refractivity contribution in [3.63, 3.8) is 0 Å². The number of likely N-dealkylation sites (tertiary alicyclic amines) is 1. The first-order valence-corrected chi connectivity index (χ1v) is 8.48. The molecule has 1 amide bonds. The minimum absolute atomic E-state index is 0.0711. The number of alkyl halides is 4. The van der Waals surface area contributed by atoms with E-state index < -0.39 is 35.6 Å². The zero-order chi connectivity index (χ0) is 19.5. The molecular formula is C18H24F4N2O2. The van der Waals surface area contributed by atoms with E-state index in [1.54, 1.807) is 20.8 Å². The maximum Gasteiger partial charge on any atom is 0.416 e. The summed E-state index contributed by atoms with van der Waals surface area (Å²) in [5.74, 6) is 0. The highest BCUT2D eigenvalue weighted by atomic mass is 19.4. The van der Waals surface area contributed by atoms with Gasteiger partial charge in [0.15, 0.2) is 0 Å². The first kappa shape index (κ1) is 20.5. The van der Waals surface area contributed by atoms with E-state index >= 15 is 0 Å². The molecule has 0 aromatic heterocycles. The fourth-order valence-electron chi connectivity index (χ4n) is 2.82. The molecule has 1 aliphatic rings. The predicted molar refractivity (Wildman–Crippen MR) is 89.4 cm³/mol. The molecule has 1 aliphatic heterocycles. The molecule has 26 heavy (non-hydrogen) atoms. The van der Waals surface area contributed by atoms with Gasteiger partial charge in [0.25, 0.3) is 0 Å². The molecule has 0 radical (unpaired) electrons. The van der Waals surface area contributed by atoms with Gasteiger partial charge in [0.05, 0.1) is 12.1 Å². The van der Waals surface area contributed by atoms with Gasteiger partial charge in [-0.3, -0.25) is 0 Å². The number of carbonyl (C=O) groups is 1. The second-order valence-electron chi connectivity index (χ2n) is 7.37. The quantitative estimate of drug-likeness (QED) is 0.806. The van der Waals surface area contributed by atoms with Gasteiger partial charge < -0.3 is 15.0 Å². The van der Waals surface area contributed by atoms with Crippen LogP contribution in [0.5, 0.6) is 0 Å². The zero-order valence-electron chi connectivity index (χ0n) is 15.1. The molecule has 4 nitrogen and oxygen atoms in total. The van der Waals surface area contributed by atoms with Gasteiger partial charge >= 0.3 is 12.3 Å². The fourth-order valence-corrected chi connectivity index (χ4v) is 2.82. The third-order valence-electron chi connectivity index (χ3n) is 4.07. The molecule has 1 aromatic rings. The normalized spacial score (nSPS) is 21.6. The molecule has 0 spiro atoms. The van der Waals surface area contributed by atoms with E-state index in [0.29, 0.717) is 6.42 Å². The highest BCUT2D eigenvalue weighted by Gasteiger charge is 2.35. The molecule has 8 heteroatoms. The number of halogens is 4. The molecule has 0 aliphatic carbocycles. The second kappa shape index (κ2) is 7.82. The SMILES string of the molecule is CC(C)(C)OC(=O)N1CC[C@H](NCc2ccccc2C(F)(F)F)[C@@H](F)C1. The van der Waals surface area contributed by atoms with Crippen LogP contribution >= 0.6 is 0 Å². The number of carbonyl (C=O) groups excluding carboxylic acids is 1. The number of nitrogens with zero attached hydrogens (tertiary/aromatic N) is 1. The van der Waals surface area contributed by atoms with Crippen LogP contribution in [0.1, 0.15) is 38.3 Å². The summed E-state index contributed by atoms with van der Waals surface area (Å²) in [5.41, 5.74) is -1.32. The summed E-state index contributed by atoms with van der Waals surface area (Å²) in [6.07, 6.45) is -6.11. The number of amides is 1. The average Bonchev–Trinajstić information content (AvgIpc) is 2.51. The predicted octanol–water partition coefficient (Wildman–Crippen LogP) is 4.14. The number of ether oxygens (including phenoxy) is 1. The molecule has 1 fully saturated rings. The molecule has 1 N–H and O–H groups in total. The van der Waals surface area contributed by atoms with Crippen LogP contribution in [-0.2, 0) is 17.5 Å². The van der Waals surface area contributed by atoms with Crippen LogP contribution in [0.2, 0.25) is 0 Å². The van der Waals surface area contributed by atoms with E-state index in [1.165, 1.54) is 23.1 Å². The Morgan fingerprint density at radius 2 is 1.92 bits per heavy atom. The van der Waals surface area contributed by atoms with Crippen LogP contribution in [0.4, 0.5) is 22.4 Å². The number of rotatable bonds is 3. The Bertz CT molecular complexity index is 628. The molecule has 2 rings (SSSR count). The molecule has 1 aromatic carbocycles. The zero-order valence-corrected chi connectivity index (χ0v) is 15.1. The topological polar surface area (TPSA) is 41.6 Å². The lowest BCUT2D eigenvalue weighted by Gasteiger charge is -2.36. The molecule has 146 valence electrons. The van der Waals surface area contributed by atoms with E-state index in [0.717, 1.165) is 6.07 Å². The van der Waals surface area contributed by atoms with Gasteiger partial charge in [0.1, 0.15) is 11.8 Å². The molecular weight excluding hydrogens is 352 g/mol. The van der Waals surface area contributed by atoms with Gasteiger partial charge in [-0.25, -0.2) is 9.18 Å². The lowest BCUT2D eigenvalue weighted by Crippen LogP contribution is -2.53.